The van der Waals surface area contributed by atoms with Crippen molar-refractivity contribution in [2.45, 2.75) is 13.1 Å². The first kappa shape index (κ1) is 22.2. The number of ether oxygens (including phenoxy) is 1. The lowest BCUT2D eigenvalue weighted by atomic mass is 10.2. The van der Waals surface area contributed by atoms with Crippen molar-refractivity contribution in [1.29, 1.82) is 0 Å². The van der Waals surface area contributed by atoms with Crippen molar-refractivity contribution in [3.8, 4) is 5.75 Å². The molecule has 10 nitrogen and oxygen atoms in total. The van der Waals surface area contributed by atoms with Crippen LogP contribution in [0.5, 0.6) is 5.75 Å². The second kappa shape index (κ2) is 9.65. The first-order chi connectivity index (χ1) is 16.0. The highest BCUT2D eigenvalue weighted by Gasteiger charge is 2.17. The van der Waals surface area contributed by atoms with Gasteiger partial charge in [0.1, 0.15) is 10.6 Å². The van der Waals surface area contributed by atoms with Crippen molar-refractivity contribution >= 4 is 33.4 Å². The molecule has 0 atom stereocenters. The minimum Gasteiger partial charge on any atom is -0.497 e. The molecule has 4 aromatic rings. The molecule has 0 radical (unpaired) electrons. The molecule has 0 fully saturated rings. The van der Waals surface area contributed by atoms with Crippen LogP contribution in [0.4, 0.5) is 5.95 Å². The van der Waals surface area contributed by atoms with Crippen LogP contribution in [0.2, 0.25) is 0 Å². The number of hydrogen-bond donors (Lipinski definition) is 2. The van der Waals surface area contributed by atoms with Crippen molar-refractivity contribution in [2.75, 3.05) is 19.0 Å². The molecule has 0 aliphatic carbocycles. The quantitative estimate of drug-likeness (QED) is 0.405. The van der Waals surface area contributed by atoms with Crippen molar-refractivity contribution < 1.29 is 9.53 Å². The molecular formula is C22H22N6O4S. The van der Waals surface area contributed by atoms with Crippen LogP contribution in [0.1, 0.15) is 15.2 Å². The van der Waals surface area contributed by atoms with Crippen LogP contribution in [0, 0.1) is 0 Å². The number of carbonyl (C=O) groups excluding carboxylic acids is 1. The van der Waals surface area contributed by atoms with Gasteiger partial charge >= 0.3 is 5.69 Å². The predicted octanol–water partition coefficient (Wildman–Crippen LogP) is 1.60. The summed E-state index contributed by atoms with van der Waals surface area (Å²) in [6.45, 7) is 0.756. The van der Waals surface area contributed by atoms with Crippen molar-refractivity contribution in [2.24, 2.45) is 7.05 Å². The number of nitrogens with zero attached hydrogens (tertiary/aromatic N) is 4. The van der Waals surface area contributed by atoms with Gasteiger partial charge < -0.3 is 15.4 Å². The van der Waals surface area contributed by atoms with E-state index in [9.17, 15) is 14.4 Å². The summed E-state index contributed by atoms with van der Waals surface area (Å²) in [7, 11) is 3.18. The van der Waals surface area contributed by atoms with Gasteiger partial charge in [-0.25, -0.2) is 14.8 Å². The van der Waals surface area contributed by atoms with Gasteiger partial charge in [-0.15, -0.1) is 11.3 Å². The van der Waals surface area contributed by atoms with Gasteiger partial charge in [0.25, 0.3) is 11.5 Å². The van der Waals surface area contributed by atoms with Gasteiger partial charge in [-0.2, -0.15) is 0 Å². The molecule has 0 saturated heterocycles. The van der Waals surface area contributed by atoms with E-state index in [1.54, 1.807) is 32.6 Å². The molecule has 0 unspecified atom stereocenters. The third-order valence-electron chi connectivity index (χ3n) is 5.03. The Morgan fingerprint density at radius 3 is 2.58 bits per heavy atom. The highest BCUT2D eigenvalue weighted by molar-refractivity contribution is 7.20. The number of nitrogens with one attached hydrogen (secondary N) is 2. The fourth-order valence-electron chi connectivity index (χ4n) is 3.28. The second-order valence-electron chi connectivity index (χ2n) is 7.16. The summed E-state index contributed by atoms with van der Waals surface area (Å²) in [5.74, 6) is 0.835. The minimum absolute atomic E-state index is 0.133. The monoisotopic (exact) mass is 466 g/mol. The van der Waals surface area contributed by atoms with Crippen LogP contribution in [-0.4, -0.2) is 38.7 Å². The summed E-state index contributed by atoms with van der Waals surface area (Å²) in [6.07, 6.45) is 3.19. The zero-order valence-electron chi connectivity index (χ0n) is 18.1. The minimum atomic E-state index is -0.449. The molecule has 1 amide bonds. The molecule has 0 saturated carbocycles. The van der Waals surface area contributed by atoms with Gasteiger partial charge in [0.2, 0.25) is 5.95 Å². The summed E-state index contributed by atoms with van der Waals surface area (Å²) in [4.78, 5) is 47.3. The van der Waals surface area contributed by atoms with E-state index in [4.69, 9.17) is 4.74 Å². The van der Waals surface area contributed by atoms with E-state index in [1.807, 2.05) is 24.3 Å². The highest BCUT2D eigenvalue weighted by atomic mass is 32.1. The van der Waals surface area contributed by atoms with E-state index in [0.29, 0.717) is 34.1 Å². The van der Waals surface area contributed by atoms with Gasteiger partial charge in [-0.05, 0) is 29.8 Å². The third-order valence-corrected chi connectivity index (χ3v) is 6.24. The fraction of sp³-hybridized carbons (Fsp3) is 0.227. The van der Waals surface area contributed by atoms with Crippen LogP contribution >= 0.6 is 11.3 Å². The van der Waals surface area contributed by atoms with E-state index in [1.165, 1.54) is 10.6 Å². The number of anilines is 1. The molecule has 0 bridgehead atoms. The average Bonchev–Trinajstić information content (AvgIpc) is 3.30. The molecule has 1 aromatic carbocycles. The zero-order valence-corrected chi connectivity index (χ0v) is 18.9. The van der Waals surface area contributed by atoms with Crippen LogP contribution in [0.3, 0.4) is 0 Å². The van der Waals surface area contributed by atoms with E-state index >= 15 is 0 Å². The van der Waals surface area contributed by atoms with E-state index in [0.717, 1.165) is 27.2 Å². The topological polar surface area (TPSA) is 120 Å². The second-order valence-corrected chi connectivity index (χ2v) is 8.19. The average molecular weight is 467 g/mol. The van der Waals surface area contributed by atoms with Crippen molar-refractivity contribution in [3.63, 3.8) is 0 Å². The Balaban J connectivity index is 1.51. The molecule has 4 rings (SSSR count). The first-order valence-corrected chi connectivity index (χ1v) is 10.9. The Morgan fingerprint density at radius 2 is 1.88 bits per heavy atom. The number of carbonyl (C=O) groups is 1. The smallest absolute Gasteiger partial charge is 0.331 e. The zero-order chi connectivity index (χ0) is 23.4. The molecule has 0 spiro atoms. The number of benzene rings is 1. The summed E-state index contributed by atoms with van der Waals surface area (Å²) in [6, 6.07) is 10.6. The van der Waals surface area contributed by atoms with Gasteiger partial charge in [-0.3, -0.25) is 18.7 Å². The molecule has 2 N–H and O–H groups in total. The number of methoxy groups -OCH3 is 1. The molecule has 33 heavy (non-hydrogen) atoms. The fourth-order valence-corrected chi connectivity index (χ4v) is 4.30. The standard InChI is InChI=1S/C22H22N6O4S/c1-27-20-16(19(30)28(22(27)31)11-10-25-21-23-8-3-9-24-21)12-17(33-20)18(29)26-13-14-4-6-15(32-2)7-5-14/h3-9,12H,10-11,13H2,1-2H3,(H,26,29)(H,23,24,25). The number of rotatable bonds is 8. The van der Waals surface area contributed by atoms with Crippen molar-refractivity contribution in [1.82, 2.24) is 24.4 Å². The van der Waals surface area contributed by atoms with E-state index < -0.39 is 11.2 Å². The SMILES string of the molecule is COc1ccc(CNC(=O)c2cc3c(=O)n(CCNc4ncccn4)c(=O)n(C)c3s2)cc1. The van der Waals surface area contributed by atoms with E-state index in [2.05, 4.69) is 20.6 Å². The highest BCUT2D eigenvalue weighted by Crippen LogP contribution is 2.22. The number of fused-ring (bicyclic) bond motifs is 1. The Labute approximate surface area is 192 Å². The maximum atomic E-state index is 13.0. The van der Waals surface area contributed by atoms with Crippen LogP contribution in [-0.2, 0) is 20.1 Å². The molecule has 3 heterocycles. The lowest BCUT2D eigenvalue weighted by Crippen LogP contribution is -2.40. The number of aryl methyl sites for hydroxylation is 1. The number of thiophene rings is 1. The van der Waals surface area contributed by atoms with Gasteiger partial charge in [0.05, 0.1) is 17.4 Å². The van der Waals surface area contributed by atoms with Crippen LogP contribution in [0.25, 0.3) is 10.2 Å². The molecule has 0 aliphatic heterocycles. The number of hydrogen-bond acceptors (Lipinski definition) is 8. The Morgan fingerprint density at radius 1 is 1.15 bits per heavy atom. The summed E-state index contributed by atoms with van der Waals surface area (Å²) in [5, 5.41) is 6.15. The maximum Gasteiger partial charge on any atom is 0.331 e. The van der Waals surface area contributed by atoms with Gasteiger partial charge in [0, 0.05) is 39.1 Å². The third kappa shape index (κ3) is 4.77. The van der Waals surface area contributed by atoms with E-state index in [-0.39, 0.29) is 12.5 Å². The number of amides is 1. The van der Waals surface area contributed by atoms with Crippen LogP contribution in [0.15, 0.2) is 58.4 Å². The summed E-state index contributed by atoms with van der Waals surface area (Å²) in [5.41, 5.74) is 0.0274. The normalized spacial score (nSPS) is 10.8. The Kier molecular flexibility index (Phi) is 6.50. The maximum absolute atomic E-state index is 13.0. The van der Waals surface area contributed by atoms with Gasteiger partial charge in [-0.1, -0.05) is 12.1 Å². The molecule has 3 aromatic heterocycles. The van der Waals surface area contributed by atoms with Crippen molar-refractivity contribution in [3.05, 3.63) is 80.1 Å². The molecular weight excluding hydrogens is 444 g/mol. The lowest BCUT2D eigenvalue weighted by Gasteiger charge is -2.09. The van der Waals surface area contributed by atoms with Gasteiger partial charge in [0.15, 0.2) is 0 Å². The molecule has 11 heteroatoms. The molecule has 170 valence electrons. The molecule has 0 aliphatic rings. The number of aromatic nitrogens is 4. The largest absolute Gasteiger partial charge is 0.497 e. The first-order valence-electron chi connectivity index (χ1n) is 10.1. The Bertz CT molecular complexity index is 1390. The predicted molar refractivity (Wildman–Crippen MR) is 126 cm³/mol. The summed E-state index contributed by atoms with van der Waals surface area (Å²) < 4.78 is 7.66. The summed E-state index contributed by atoms with van der Waals surface area (Å²) >= 11 is 1.11. The lowest BCUT2D eigenvalue weighted by molar-refractivity contribution is 0.0955. The Hall–Kier alpha value is -3.99. The van der Waals surface area contributed by atoms with Crippen LogP contribution < -0.4 is 26.6 Å².